The maximum absolute atomic E-state index is 11.8. The van der Waals surface area contributed by atoms with Crippen LogP contribution in [0.3, 0.4) is 0 Å². The van der Waals surface area contributed by atoms with E-state index in [1.54, 1.807) is 17.5 Å². The van der Waals surface area contributed by atoms with Crippen molar-refractivity contribution in [3.8, 4) is 0 Å². The average molecular weight is 274 g/mol. The zero-order valence-corrected chi connectivity index (χ0v) is 11.8. The summed E-state index contributed by atoms with van der Waals surface area (Å²) in [6.07, 6.45) is 4.17. The van der Waals surface area contributed by atoms with Crippen LogP contribution in [0.25, 0.3) is 0 Å². The number of nitrogens with one attached hydrogen (secondary N) is 1. The van der Waals surface area contributed by atoms with Crippen LogP contribution in [-0.2, 0) is 11.2 Å². The summed E-state index contributed by atoms with van der Waals surface area (Å²) >= 11 is 1.74. The van der Waals surface area contributed by atoms with E-state index in [2.05, 4.69) is 21.7 Å². The SMILES string of the molecule is CC(NC(=O)CCCc1cccs1)c1ccccn1. The minimum Gasteiger partial charge on any atom is -0.348 e. The van der Waals surface area contributed by atoms with Gasteiger partial charge in [0.05, 0.1) is 11.7 Å². The number of hydrogen-bond donors (Lipinski definition) is 1. The highest BCUT2D eigenvalue weighted by atomic mass is 32.1. The Morgan fingerprint density at radius 2 is 2.26 bits per heavy atom. The summed E-state index contributed by atoms with van der Waals surface area (Å²) in [5.74, 6) is 0.0923. The number of pyridine rings is 1. The maximum Gasteiger partial charge on any atom is 0.220 e. The fourth-order valence-corrected chi connectivity index (χ4v) is 2.65. The van der Waals surface area contributed by atoms with Crippen molar-refractivity contribution in [3.05, 3.63) is 52.5 Å². The van der Waals surface area contributed by atoms with Crippen LogP contribution in [0, 0.1) is 0 Å². The Morgan fingerprint density at radius 3 is 2.95 bits per heavy atom. The van der Waals surface area contributed by atoms with Gasteiger partial charge in [-0.3, -0.25) is 9.78 Å². The first-order valence-electron chi connectivity index (χ1n) is 6.48. The Bertz CT molecular complexity index is 496. The molecular formula is C15H18N2OS. The van der Waals surface area contributed by atoms with Crippen LogP contribution < -0.4 is 5.32 Å². The van der Waals surface area contributed by atoms with Gasteiger partial charge in [-0.05, 0) is 43.3 Å². The fraction of sp³-hybridized carbons (Fsp3) is 0.333. The Balaban J connectivity index is 1.72. The van der Waals surface area contributed by atoms with E-state index in [0.29, 0.717) is 6.42 Å². The molecule has 0 saturated carbocycles. The minimum absolute atomic E-state index is 0.0320. The highest BCUT2D eigenvalue weighted by Gasteiger charge is 2.09. The number of thiophene rings is 1. The summed E-state index contributed by atoms with van der Waals surface area (Å²) in [5.41, 5.74) is 0.897. The van der Waals surface area contributed by atoms with Gasteiger partial charge in [0.15, 0.2) is 0 Å². The normalized spacial score (nSPS) is 12.1. The number of aromatic nitrogens is 1. The van der Waals surface area contributed by atoms with Gasteiger partial charge in [-0.2, -0.15) is 0 Å². The van der Waals surface area contributed by atoms with E-state index in [9.17, 15) is 4.79 Å². The molecule has 2 rings (SSSR count). The average Bonchev–Trinajstić information content (AvgIpc) is 2.93. The summed E-state index contributed by atoms with van der Waals surface area (Å²) < 4.78 is 0. The van der Waals surface area contributed by atoms with E-state index >= 15 is 0 Å². The first-order valence-corrected chi connectivity index (χ1v) is 7.36. The van der Waals surface area contributed by atoms with E-state index in [-0.39, 0.29) is 11.9 Å². The van der Waals surface area contributed by atoms with Crippen molar-refractivity contribution in [1.29, 1.82) is 0 Å². The molecule has 0 bridgehead atoms. The van der Waals surface area contributed by atoms with Crippen LogP contribution in [-0.4, -0.2) is 10.9 Å². The fourth-order valence-electron chi connectivity index (χ4n) is 1.90. The summed E-state index contributed by atoms with van der Waals surface area (Å²) in [6, 6.07) is 9.86. The van der Waals surface area contributed by atoms with Crippen LogP contribution in [0.1, 0.15) is 36.4 Å². The van der Waals surface area contributed by atoms with Crippen LogP contribution >= 0.6 is 11.3 Å². The molecule has 0 fully saturated rings. The van der Waals surface area contributed by atoms with Gasteiger partial charge < -0.3 is 5.32 Å². The molecule has 0 spiro atoms. The van der Waals surface area contributed by atoms with Crippen LogP contribution in [0.15, 0.2) is 41.9 Å². The third-order valence-electron chi connectivity index (χ3n) is 2.92. The molecule has 1 atom stereocenters. The van der Waals surface area contributed by atoms with Crippen molar-refractivity contribution in [3.63, 3.8) is 0 Å². The largest absolute Gasteiger partial charge is 0.348 e. The molecule has 4 heteroatoms. The first-order chi connectivity index (χ1) is 9.25. The lowest BCUT2D eigenvalue weighted by Crippen LogP contribution is -2.26. The van der Waals surface area contributed by atoms with Crippen molar-refractivity contribution in [1.82, 2.24) is 10.3 Å². The molecule has 3 nitrogen and oxygen atoms in total. The Morgan fingerprint density at radius 1 is 1.37 bits per heavy atom. The highest BCUT2D eigenvalue weighted by Crippen LogP contribution is 2.13. The van der Waals surface area contributed by atoms with Gasteiger partial charge in [0.2, 0.25) is 5.91 Å². The van der Waals surface area contributed by atoms with Crippen molar-refractivity contribution in [2.24, 2.45) is 0 Å². The van der Waals surface area contributed by atoms with Crippen molar-refractivity contribution >= 4 is 17.2 Å². The number of aryl methyl sites for hydroxylation is 1. The molecule has 19 heavy (non-hydrogen) atoms. The van der Waals surface area contributed by atoms with Crippen LogP contribution in [0.5, 0.6) is 0 Å². The number of hydrogen-bond acceptors (Lipinski definition) is 3. The van der Waals surface area contributed by atoms with E-state index in [1.807, 2.05) is 31.2 Å². The van der Waals surface area contributed by atoms with Gasteiger partial charge in [0.1, 0.15) is 0 Å². The minimum atomic E-state index is -0.0320. The zero-order chi connectivity index (χ0) is 13.5. The zero-order valence-electron chi connectivity index (χ0n) is 11.0. The van der Waals surface area contributed by atoms with Gasteiger partial charge in [-0.1, -0.05) is 12.1 Å². The van der Waals surface area contributed by atoms with Crippen LogP contribution in [0.4, 0.5) is 0 Å². The number of nitrogens with zero attached hydrogens (tertiary/aromatic N) is 1. The molecular weight excluding hydrogens is 256 g/mol. The van der Waals surface area contributed by atoms with E-state index in [1.165, 1.54) is 4.88 Å². The van der Waals surface area contributed by atoms with Gasteiger partial charge in [0, 0.05) is 17.5 Å². The standard InChI is InChI=1S/C15H18N2OS/c1-12(14-8-2-3-10-16-14)17-15(18)9-4-6-13-7-5-11-19-13/h2-3,5,7-8,10-12H,4,6,9H2,1H3,(H,17,18). The third-order valence-corrected chi connectivity index (χ3v) is 3.85. The van der Waals surface area contributed by atoms with E-state index < -0.39 is 0 Å². The van der Waals surface area contributed by atoms with Gasteiger partial charge in [-0.25, -0.2) is 0 Å². The summed E-state index contributed by atoms with van der Waals surface area (Å²) in [6.45, 7) is 1.96. The molecule has 100 valence electrons. The number of carbonyl (C=O) groups excluding carboxylic acids is 1. The second-order valence-electron chi connectivity index (χ2n) is 4.48. The molecule has 1 amide bonds. The Kier molecular flexibility index (Phi) is 5.10. The third kappa shape index (κ3) is 4.48. The first kappa shape index (κ1) is 13.7. The number of rotatable bonds is 6. The molecule has 1 unspecified atom stereocenters. The van der Waals surface area contributed by atoms with Gasteiger partial charge in [0.25, 0.3) is 0 Å². The van der Waals surface area contributed by atoms with Crippen LogP contribution in [0.2, 0.25) is 0 Å². The molecule has 0 radical (unpaired) electrons. The molecule has 2 heterocycles. The molecule has 0 aromatic carbocycles. The number of amides is 1. The lowest BCUT2D eigenvalue weighted by atomic mass is 10.1. The molecule has 2 aromatic heterocycles. The lowest BCUT2D eigenvalue weighted by molar-refractivity contribution is -0.121. The highest BCUT2D eigenvalue weighted by molar-refractivity contribution is 7.09. The molecule has 0 aliphatic carbocycles. The molecule has 1 N–H and O–H groups in total. The maximum atomic E-state index is 11.8. The lowest BCUT2D eigenvalue weighted by Gasteiger charge is -2.13. The predicted molar refractivity (Wildman–Crippen MR) is 78.1 cm³/mol. The van der Waals surface area contributed by atoms with Gasteiger partial charge in [-0.15, -0.1) is 11.3 Å². The van der Waals surface area contributed by atoms with E-state index in [4.69, 9.17) is 0 Å². The summed E-state index contributed by atoms with van der Waals surface area (Å²) in [7, 11) is 0. The van der Waals surface area contributed by atoms with Crippen molar-refractivity contribution < 1.29 is 4.79 Å². The monoisotopic (exact) mass is 274 g/mol. The predicted octanol–water partition coefficient (Wildman–Crippen LogP) is 3.34. The smallest absolute Gasteiger partial charge is 0.220 e. The topological polar surface area (TPSA) is 42.0 Å². The second-order valence-corrected chi connectivity index (χ2v) is 5.51. The van der Waals surface area contributed by atoms with Crippen molar-refractivity contribution in [2.75, 3.05) is 0 Å². The van der Waals surface area contributed by atoms with E-state index in [0.717, 1.165) is 18.5 Å². The van der Waals surface area contributed by atoms with Crippen molar-refractivity contribution in [2.45, 2.75) is 32.2 Å². The Labute approximate surface area is 117 Å². The summed E-state index contributed by atoms with van der Waals surface area (Å²) in [5, 5.41) is 5.05. The molecule has 0 saturated heterocycles. The quantitative estimate of drug-likeness (QED) is 0.877. The summed E-state index contributed by atoms with van der Waals surface area (Å²) in [4.78, 5) is 17.4. The molecule has 0 aliphatic rings. The number of carbonyl (C=O) groups is 1. The second kappa shape index (κ2) is 7.04. The van der Waals surface area contributed by atoms with Gasteiger partial charge >= 0.3 is 0 Å². The molecule has 2 aromatic rings. The molecule has 0 aliphatic heterocycles. The Hall–Kier alpha value is -1.68.